The molecule has 0 aromatic heterocycles. The number of hydrogen-bond acceptors (Lipinski definition) is 6. The highest BCUT2D eigenvalue weighted by Gasteiger charge is 2.12. The van der Waals surface area contributed by atoms with E-state index in [-0.39, 0.29) is 17.0 Å². The number of urea groups is 1. The van der Waals surface area contributed by atoms with Crippen LogP contribution in [0, 0.1) is 10.1 Å². The minimum Gasteiger partial charge on any atom is -0.483 e. The summed E-state index contributed by atoms with van der Waals surface area (Å²) in [6, 6.07) is 2.53. The first kappa shape index (κ1) is 14.4. The van der Waals surface area contributed by atoms with Crippen LogP contribution in [0.25, 0.3) is 0 Å². The van der Waals surface area contributed by atoms with Crippen molar-refractivity contribution < 1.29 is 24.4 Å². The third-order valence-electron chi connectivity index (χ3n) is 2.05. The van der Waals surface area contributed by atoms with Gasteiger partial charge < -0.3 is 15.6 Å². The van der Waals surface area contributed by atoms with E-state index in [1.807, 2.05) is 0 Å². The minimum absolute atomic E-state index is 0.104. The largest absolute Gasteiger partial charge is 0.483 e. The van der Waals surface area contributed by atoms with E-state index in [4.69, 9.17) is 15.6 Å². The molecule has 1 aromatic carbocycles. The Balaban J connectivity index is 2.75. The number of imide groups is 1. The second-order valence-electron chi connectivity index (χ2n) is 3.41. The van der Waals surface area contributed by atoms with E-state index < -0.39 is 30.1 Å². The molecule has 0 aliphatic heterocycles. The Kier molecular flexibility index (Phi) is 4.77. The number of nitrogens with one attached hydrogen (secondary N) is 1. The number of nitrogens with two attached hydrogens (primary N) is 1. The van der Waals surface area contributed by atoms with Crippen molar-refractivity contribution >= 4 is 17.6 Å². The molecule has 0 spiro atoms. The summed E-state index contributed by atoms with van der Waals surface area (Å²) in [6.45, 7) is -0.998. The molecule has 4 N–H and O–H groups in total. The van der Waals surface area contributed by atoms with Gasteiger partial charge in [-0.05, 0) is 6.07 Å². The summed E-state index contributed by atoms with van der Waals surface area (Å²) in [4.78, 5) is 31.4. The number of hydrogen-bond donors (Lipinski definition) is 3. The SMILES string of the molecule is NC(=O)NC(=O)COc1ccc([N+](=O)[O-])cc1CO. The molecule has 0 saturated carbocycles. The molecular formula is C10H11N3O6. The van der Waals surface area contributed by atoms with Crippen LogP contribution in [-0.2, 0) is 11.4 Å². The third kappa shape index (κ3) is 4.24. The summed E-state index contributed by atoms with van der Waals surface area (Å²) in [5, 5.41) is 21.4. The third-order valence-corrected chi connectivity index (χ3v) is 2.05. The maximum atomic E-state index is 11.1. The first-order valence-electron chi connectivity index (χ1n) is 5.04. The molecule has 19 heavy (non-hydrogen) atoms. The van der Waals surface area contributed by atoms with Crippen LogP contribution in [0.1, 0.15) is 5.56 Å². The molecule has 0 aliphatic rings. The lowest BCUT2D eigenvalue weighted by atomic mass is 10.2. The van der Waals surface area contributed by atoms with Gasteiger partial charge in [0.05, 0.1) is 11.5 Å². The Labute approximate surface area is 107 Å². The molecule has 0 bridgehead atoms. The number of rotatable bonds is 5. The Hall–Kier alpha value is -2.68. The van der Waals surface area contributed by atoms with Crippen molar-refractivity contribution in [2.45, 2.75) is 6.61 Å². The molecule has 0 atom stereocenters. The fraction of sp³-hybridized carbons (Fsp3) is 0.200. The second kappa shape index (κ2) is 6.31. The molecule has 9 heteroatoms. The van der Waals surface area contributed by atoms with Crippen molar-refractivity contribution in [2.75, 3.05) is 6.61 Å². The predicted molar refractivity (Wildman–Crippen MR) is 62.2 cm³/mol. The van der Waals surface area contributed by atoms with Gasteiger partial charge in [0.1, 0.15) is 5.75 Å². The van der Waals surface area contributed by atoms with Gasteiger partial charge in [0.2, 0.25) is 0 Å². The van der Waals surface area contributed by atoms with Crippen LogP contribution in [-0.4, -0.2) is 28.6 Å². The monoisotopic (exact) mass is 269 g/mol. The number of nitrogens with zero attached hydrogens (tertiary/aromatic N) is 1. The van der Waals surface area contributed by atoms with Gasteiger partial charge in [-0.15, -0.1) is 0 Å². The quantitative estimate of drug-likeness (QED) is 0.492. The summed E-state index contributed by atoms with van der Waals surface area (Å²) in [5.41, 5.74) is 4.67. The summed E-state index contributed by atoms with van der Waals surface area (Å²) < 4.78 is 5.02. The molecule has 1 rings (SSSR count). The van der Waals surface area contributed by atoms with E-state index in [0.717, 1.165) is 6.07 Å². The van der Waals surface area contributed by atoms with Crippen LogP contribution in [0.2, 0.25) is 0 Å². The number of aliphatic hydroxyl groups excluding tert-OH is 1. The first-order valence-corrected chi connectivity index (χ1v) is 5.04. The molecule has 102 valence electrons. The lowest BCUT2D eigenvalue weighted by molar-refractivity contribution is -0.385. The maximum Gasteiger partial charge on any atom is 0.318 e. The molecule has 0 radical (unpaired) electrons. The smallest absolute Gasteiger partial charge is 0.318 e. The number of primary amides is 1. The number of non-ortho nitro benzene ring substituents is 1. The van der Waals surface area contributed by atoms with Crippen molar-refractivity contribution in [3.8, 4) is 5.75 Å². The Morgan fingerprint density at radius 1 is 1.47 bits per heavy atom. The average molecular weight is 269 g/mol. The first-order chi connectivity index (χ1) is 8.93. The Morgan fingerprint density at radius 3 is 2.68 bits per heavy atom. The topological polar surface area (TPSA) is 145 Å². The Morgan fingerprint density at radius 2 is 2.16 bits per heavy atom. The van der Waals surface area contributed by atoms with E-state index in [1.165, 1.54) is 12.1 Å². The van der Waals surface area contributed by atoms with Crippen LogP contribution in [0.5, 0.6) is 5.75 Å². The number of amides is 3. The molecule has 0 saturated heterocycles. The molecule has 0 fully saturated rings. The highest BCUT2D eigenvalue weighted by molar-refractivity contribution is 5.94. The second-order valence-corrected chi connectivity index (χ2v) is 3.41. The zero-order chi connectivity index (χ0) is 14.4. The normalized spacial score (nSPS) is 9.74. The zero-order valence-corrected chi connectivity index (χ0v) is 9.66. The summed E-state index contributed by atoms with van der Waals surface area (Å²) in [7, 11) is 0. The predicted octanol–water partition coefficient (Wildman–Crippen LogP) is -0.339. The molecule has 9 nitrogen and oxygen atoms in total. The summed E-state index contributed by atoms with van der Waals surface area (Å²) >= 11 is 0. The number of carbonyl (C=O) groups excluding carboxylic acids is 2. The van der Waals surface area contributed by atoms with Gasteiger partial charge in [0.25, 0.3) is 11.6 Å². The number of carbonyl (C=O) groups is 2. The molecule has 0 unspecified atom stereocenters. The van der Waals surface area contributed by atoms with E-state index in [0.29, 0.717) is 0 Å². The van der Waals surface area contributed by atoms with Crippen LogP contribution < -0.4 is 15.8 Å². The van der Waals surface area contributed by atoms with Crippen LogP contribution in [0.15, 0.2) is 18.2 Å². The average Bonchev–Trinajstić information content (AvgIpc) is 2.35. The zero-order valence-electron chi connectivity index (χ0n) is 9.66. The van der Waals surface area contributed by atoms with Crippen molar-refractivity contribution in [1.29, 1.82) is 0 Å². The van der Waals surface area contributed by atoms with Gasteiger partial charge in [-0.2, -0.15) is 0 Å². The number of nitro groups is 1. The van der Waals surface area contributed by atoms with Gasteiger partial charge in [-0.25, -0.2) is 4.79 Å². The van der Waals surface area contributed by atoms with Gasteiger partial charge in [0, 0.05) is 17.7 Å². The molecule has 0 heterocycles. The summed E-state index contributed by atoms with van der Waals surface area (Å²) in [5.74, 6) is -0.664. The molecule has 3 amide bonds. The van der Waals surface area contributed by atoms with Crippen molar-refractivity contribution in [2.24, 2.45) is 5.73 Å². The highest BCUT2D eigenvalue weighted by atomic mass is 16.6. The van der Waals surface area contributed by atoms with Crippen LogP contribution in [0.3, 0.4) is 0 Å². The lowest BCUT2D eigenvalue weighted by Gasteiger charge is -2.09. The fourth-order valence-electron chi connectivity index (χ4n) is 1.26. The number of nitro benzene ring substituents is 1. The van der Waals surface area contributed by atoms with Gasteiger partial charge >= 0.3 is 6.03 Å². The molecule has 1 aromatic rings. The fourth-order valence-corrected chi connectivity index (χ4v) is 1.26. The number of aliphatic hydroxyl groups is 1. The number of benzene rings is 1. The van der Waals surface area contributed by atoms with Gasteiger partial charge in [-0.3, -0.25) is 20.2 Å². The minimum atomic E-state index is -1.01. The highest BCUT2D eigenvalue weighted by Crippen LogP contribution is 2.24. The molecule has 0 aliphatic carbocycles. The maximum absolute atomic E-state index is 11.1. The summed E-state index contributed by atoms with van der Waals surface area (Å²) in [6.07, 6.45) is 0. The lowest BCUT2D eigenvalue weighted by Crippen LogP contribution is -2.38. The molecular weight excluding hydrogens is 258 g/mol. The van der Waals surface area contributed by atoms with E-state index in [9.17, 15) is 19.7 Å². The van der Waals surface area contributed by atoms with Crippen molar-refractivity contribution in [1.82, 2.24) is 5.32 Å². The van der Waals surface area contributed by atoms with E-state index in [1.54, 1.807) is 5.32 Å². The van der Waals surface area contributed by atoms with Gasteiger partial charge in [-0.1, -0.05) is 0 Å². The van der Waals surface area contributed by atoms with Gasteiger partial charge in [0.15, 0.2) is 6.61 Å². The van der Waals surface area contributed by atoms with Crippen molar-refractivity contribution in [3.05, 3.63) is 33.9 Å². The van der Waals surface area contributed by atoms with E-state index in [2.05, 4.69) is 0 Å². The standard InChI is InChI=1S/C10H11N3O6/c11-10(16)12-9(15)5-19-8-2-1-7(13(17)18)3-6(8)4-14/h1-3,14H,4-5H2,(H3,11,12,15,16). The van der Waals surface area contributed by atoms with Crippen LogP contribution in [0.4, 0.5) is 10.5 Å². The van der Waals surface area contributed by atoms with E-state index >= 15 is 0 Å². The Bertz CT molecular complexity index is 516. The van der Waals surface area contributed by atoms with Crippen molar-refractivity contribution in [3.63, 3.8) is 0 Å². The number of ether oxygens (including phenoxy) is 1. The van der Waals surface area contributed by atoms with Crippen LogP contribution >= 0.6 is 0 Å².